The van der Waals surface area contributed by atoms with Gasteiger partial charge in [0.05, 0.1) is 0 Å². The van der Waals surface area contributed by atoms with Gasteiger partial charge in [0.25, 0.3) is 6.19 Å². The molecule has 0 aromatic carbocycles. The molecule has 1 aliphatic heterocycles. The van der Waals surface area contributed by atoms with Crippen molar-refractivity contribution in [2.75, 3.05) is 0 Å². The number of alkyl halides is 1. The molecule has 0 fully saturated rings. The van der Waals surface area contributed by atoms with Crippen LogP contribution >= 0.6 is 0 Å². The predicted octanol–water partition coefficient (Wildman–Crippen LogP) is 0.676. The van der Waals surface area contributed by atoms with Crippen molar-refractivity contribution in [1.82, 2.24) is 0 Å². The summed E-state index contributed by atoms with van der Waals surface area (Å²) in [5.74, 6) is 0. The molecule has 0 aromatic heterocycles. The maximum atomic E-state index is 11.6. The van der Waals surface area contributed by atoms with Crippen LogP contribution in [0.25, 0.3) is 0 Å². The van der Waals surface area contributed by atoms with Crippen molar-refractivity contribution in [3.05, 3.63) is 0 Å². The molecule has 1 rings (SSSR count). The minimum absolute atomic E-state index is 1.92. The molecule has 38 valence electrons. The van der Waals surface area contributed by atoms with Crippen LogP contribution in [0.3, 0.4) is 0 Å². The van der Waals surface area contributed by atoms with E-state index in [9.17, 15) is 8.71 Å². The molecular weight excluding hydrogens is 105 g/mol. The third-order valence-corrected chi connectivity index (χ3v) is 0.522. The van der Waals surface area contributed by atoms with E-state index >= 15 is 0 Å². The van der Waals surface area contributed by atoms with E-state index in [0.29, 0.717) is 0 Å². The van der Waals surface area contributed by atoms with Crippen molar-refractivity contribution < 1.29 is 13.5 Å². The Labute approximate surface area is 38.5 Å². The van der Waals surface area contributed by atoms with Crippen LogP contribution in [0, 0.1) is 0 Å². The van der Waals surface area contributed by atoms with E-state index < -0.39 is 13.4 Å². The summed E-state index contributed by atoms with van der Waals surface area (Å²) in [4.78, 5) is 0. The van der Waals surface area contributed by atoms with Crippen LogP contribution < -0.4 is 0 Å². The van der Waals surface area contributed by atoms with E-state index in [1.54, 1.807) is 0 Å². The van der Waals surface area contributed by atoms with E-state index in [-0.39, 0.29) is 0 Å². The first-order valence-electron chi connectivity index (χ1n) is 1.65. The van der Waals surface area contributed by atoms with Crippen LogP contribution in [0.4, 0.5) is 8.71 Å². The molecule has 0 N–H and O–H groups in total. The Bertz CT molecular complexity index is 97.7. The molecule has 1 atom stereocenters. The Morgan fingerprint density at radius 3 is 2.57 bits per heavy atom. The summed E-state index contributed by atoms with van der Waals surface area (Å²) in [5, 5.41) is 5.30. The van der Waals surface area contributed by atoms with Gasteiger partial charge in [0.2, 0.25) is 0 Å². The Hall–Kier alpha value is -0.675. The molecule has 0 spiro atoms. The lowest BCUT2D eigenvalue weighted by Crippen LogP contribution is -2.16. The largest absolute Gasteiger partial charge is 0.650 e. The summed E-state index contributed by atoms with van der Waals surface area (Å²) < 4.78 is 26.8. The SMILES string of the molecule is FB1ON=NC1F. The number of rotatable bonds is 0. The van der Waals surface area contributed by atoms with Gasteiger partial charge in [-0.1, -0.05) is 0 Å². The Balaban J connectivity index is 2.45. The van der Waals surface area contributed by atoms with Crippen LogP contribution in [-0.2, 0) is 4.76 Å². The van der Waals surface area contributed by atoms with Crippen LogP contribution in [0.1, 0.15) is 0 Å². The fourth-order valence-electron chi connectivity index (χ4n) is 0.220. The lowest BCUT2D eigenvalue weighted by molar-refractivity contribution is 0.308. The van der Waals surface area contributed by atoms with Crippen LogP contribution in [0.15, 0.2) is 10.4 Å². The van der Waals surface area contributed by atoms with Gasteiger partial charge in [-0.2, -0.15) is 0 Å². The minimum atomic E-state index is -1.99. The maximum absolute atomic E-state index is 11.6. The van der Waals surface area contributed by atoms with Crippen molar-refractivity contribution in [3.8, 4) is 0 Å². The fourth-order valence-corrected chi connectivity index (χ4v) is 0.220. The molecule has 0 aromatic rings. The second kappa shape index (κ2) is 1.44. The molecule has 0 radical (unpaired) electrons. The molecule has 0 aliphatic carbocycles. The summed E-state index contributed by atoms with van der Waals surface area (Å²) in [5.41, 5.74) is 0. The zero-order chi connectivity index (χ0) is 5.28. The van der Waals surface area contributed by atoms with Gasteiger partial charge in [0, 0.05) is 5.28 Å². The van der Waals surface area contributed by atoms with Crippen molar-refractivity contribution in [3.63, 3.8) is 0 Å². The standard InChI is InChI=1S/CHBF2N2O/c3-1-2(4)7-6-5-1/h1H. The predicted molar refractivity (Wildman–Crippen MR) is 17.7 cm³/mol. The summed E-state index contributed by atoms with van der Waals surface area (Å²) in [6.45, 7) is 0. The maximum Gasteiger partial charge on any atom is 0.650 e. The molecule has 1 unspecified atom stereocenters. The second-order valence-corrected chi connectivity index (χ2v) is 1.03. The van der Waals surface area contributed by atoms with Crippen molar-refractivity contribution in [2.24, 2.45) is 10.4 Å². The molecule has 1 aliphatic rings. The summed E-state index contributed by atoms with van der Waals surface area (Å²) in [7, 11) is -1.99. The Morgan fingerprint density at radius 2 is 2.43 bits per heavy atom. The number of hydrogen-bond donors (Lipinski definition) is 0. The number of halogens is 2. The van der Waals surface area contributed by atoms with Crippen LogP contribution in [-0.4, -0.2) is 13.4 Å². The monoisotopic (exact) mass is 106 g/mol. The molecule has 0 bridgehead atoms. The van der Waals surface area contributed by atoms with Crippen molar-refractivity contribution in [2.45, 2.75) is 6.19 Å². The third kappa shape index (κ3) is 0.677. The van der Waals surface area contributed by atoms with Crippen LogP contribution in [0.2, 0.25) is 0 Å². The second-order valence-electron chi connectivity index (χ2n) is 1.03. The highest BCUT2D eigenvalue weighted by Crippen LogP contribution is 2.10. The Kier molecular flexibility index (Phi) is 0.920. The molecule has 6 heteroatoms. The number of nitrogens with zero attached hydrogens (tertiary/aromatic N) is 2. The highest BCUT2D eigenvalue weighted by Gasteiger charge is 2.36. The van der Waals surface area contributed by atoms with Gasteiger partial charge in [-0.25, -0.2) is 4.39 Å². The molecule has 0 amide bonds. The van der Waals surface area contributed by atoms with Crippen molar-refractivity contribution in [1.29, 1.82) is 0 Å². The smallest absolute Gasteiger partial charge is 0.406 e. The first kappa shape index (κ1) is 4.48. The third-order valence-electron chi connectivity index (χ3n) is 0.522. The first-order chi connectivity index (χ1) is 3.30. The van der Waals surface area contributed by atoms with E-state index in [1.807, 2.05) is 0 Å². The zero-order valence-corrected chi connectivity index (χ0v) is 3.21. The van der Waals surface area contributed by atoms with Crippen LogP contribution in [0.5, 0.6) is 0 Å². The van der Waals surface area contributed by atoms with E-state index in [1.165, 1.54) is 0 Å². The number of hydrogen-bond acceptors (Lipinski definition) is 3. The Morgan fingerprint density at radius 1 is 1.71 bits per heavy atom. The van der Waals surface area contributed by atoms with E-state index in [4.69, 9.17) is 0 Å². The van der Waals surface area contributed by atoms with Gasteiger partial charge in [-0.05, 0) is 0 Å². The van der Waals surface area contributed by atoms with Gasteiger partial charge in [0.1, 0.15) is 0 Å². The minimum Gasteiger partial charge on any atom is -0.406 e. The fraction of sp³-hybridized carbons (Fsp3) is 1.00. The molecule has 0 saturated carbocycles. The average Bonchev–Trinajstić information content (AvgIpc) is 1.91. The normalized spacial score (nSPS) is 28.3. The van der Waals surface area contributed by atoms with Gasteiger partial charge in [-0.15, -0.1) is 5.11 Å². The molecule has 7 heavy (non-hydrogen) atoms. The van der Waals surface area contributed by atoms with Gasteiger partial charge in [-0.3, -0.25) is 4.32 Å². The lowest BCUT2D eigenvalue weighted by Gasteiger charge is -1.85. The van der Waals surface area contributed by atoms with Gasteiger partial charge >= 0.3 is 7.19 Å². The summed E-state index contributed by atoms with van der Waals surface area (Å²) in [6.07, 6.45) is -1.92. The van der Waals surface area contributed by atoms with Gasteiger partial charge < -0.3 is 4.76 Å². The summed E-state index contributed by atoms with van der Waals surface area (Å²) in [6, 6.07) is 0. The summed E-state index contributed by atoms with van der Waals surface area (Å²) >= 11 is 0. The van der Waals surface area contributed by atoms with Crippen molar-refractivity contribution >= 4 is 7.19 Å². The molecule has 3 nitrogen and oxygen atoms in total. The highest BCUT2D eigenvalue weighted by molar-refractivity contribution is 6.45. The molecule has 0 saturated heterocycles. The average molecular weight is 106 g/mol. The molecule has 1 heterocycles. The lowest BCUT2D eigenvalue weighted by atomic mass is 9.95. The van der Waals surface area contributed by atoms with E-state index in [2.05, 4.69) is 15.1 Å². The topological polar surface area (TPSA) is 34.0 Å². The highest BCUT2D eigenvalue weighted by atomic mass is 19.2. The van der Waals surface area contributed by atoms with E-state index in [0.717, 1.165) is 0 Å². The first-order valence-corrected chi connectivity index (χ1v) is 1.65. The molecular formula is CHBF2N2O. The van der Waals surface area contributed by atoms with Gasteiger partial charge in [0.15, 0.2) is 0 Å². The quantitative estimate of drug-likeness (QED) is 0.330. The zero-order valence-electron chi connectivity index (χ0n) is 3.21.